The molecular weight excluding hydrogens is 188 g/mol. The molecule has 2 aromatic rings. The fraction of sp³-hybridized carbons (Fsp3) is 0.250. The van der Waals surface area contributed by atoms with Gasteiger partial charge in [-0.05, 0) is 24.1 Å². The van der Waals surface area contributed by atoms with Gasteiger partial charge in [0, 0.05) is 29.6 Å². The number of aromatic amines is 1. The summed E-state index contributed by atoms with van der Waals surface area (Å²) < 4.78 is 5.14. The predicted octanol–water partition coefficient (Wildman–Crippen LogP) is 2.63. The van der Waals surface area contributed by atoms with E-state index < -0.39 is 0 Å². The van der Waals surface area contributed by atoms with Crippen molar-refractivity contribution in [3.63, 3.8) is 0 Å². The maximum absolute atomic E-state index is 8.54. The molecule has 0 saturated carbocycles. The lowest BCUT2D eigenvalue weighted by Crippen LogP contribution is -1.83. The van der Waals surface area contributed by atoms with Crippen molar-refractivity contribution >= 4 is 10.9 Å². The van der Waals surface area contributed by atoms with Crippen LogP contribution in [-0.2, 0) is 6.42 Å². The molecule has 0 fully saturated rings. The number of benzene rings is 1. The van der Waals surface area contributed by atoms with E-state index in [0.717, 1.165) is 17.7 Å². The summed E-state index contributed by atoms with van der Waals surface area (Å²) in [6, 6.07) is 8.08. The van der Waals surface area contributed by atoms with Crippen LogP contribution in [0.25, 0.3) is 10.9 Å². The van der Waals surface area contributed by atoms with Crippen LogP contribution in [0, 0.1) is 11.3 Å². The molecule has 1 aromatic heterocycles. The van der Waals surface area contributed by atoms with Crippen molar-refractivity contribution < 1.29 is 4.74 Å². The van der Waals surface area contributed by atoms with E-state index in [2.05, 4.69) is 11.1 Å². The van der Waals surface area contributed by atoms with Crippen LogP contribution in [0.15, 0.2) is 24.4 Å². The van der Waals surface area contributed by atoms with Gasteiger partial charge < -0.3 is 9.72 Å². The Morgan fingerprint density at radius 2 is 2.33 bits per heavy atom. The maximum atomic E-state index is 8.54. The topological polar surface area (TPSA) is 48.8 Å². The zero-order valence-electron chi connectivity index (χ0n) is 8.58. The summed E-state index contributed by atoms with van der Waals surface area (Å²) in [6.45, 7) is 0. The van der Waals surface area contributed by atoms with Gasteiger partial charge in [-0.1, -0.05) is 0 Å². The van der Waals surface area contributed by atoms with Crippen molar-refractivity contribution in [2.75, 3.05) is 7.11 Å². The van der Waals surface area contributed by atoms with Gasteiger partial charge in [0.1, 0.15) is 5.75 Å². The molecule has 0 atom stereocenters. The van der Waals surface area contributed by atoms with E-state index in [-0.39, 0.29) is 0 Å². The average Bonchev–Trinajstić information content (AvgIpc) is 2.68. The Balaban J connectivity index is 2.39. The summed E-state index contributed by atoms with van der Waals surface area (Å²) in [7, 11) is 1.65. The highest BCUT2D eigenvalue weighted by molar-refractivity contribution is 5.84. The molecule has 15 heavy (non-hydrogen) atoms. The monoisotopic (exact) mass is 200 g/mol. The number of nitrogens with one attached hydrogen (secondary N) is 1. The van der Waals surface area contributed by atoms with Gasteiger partial charge in [0.05, 0.1) is 13.2 Å². The van der Waals surface area contributed by atoms with Crippen LogP contribution < -0.4 is 4.74 Å². The zero-order chi connectivity index (χ0) is 10.7. The summed E-state index contributed by atoms with van der Waals surface area (Å²) in [4.78, 5) is 3.18. The van der Waals surface area contributed by atoms with Gasteiger partial charge in [-0.25, -0.2) is 0 Å². The summed E-state index contributed by atoms with van der Waals surface area (Å²) in [6.07, 6.45) is 3.31. The third kappa shape index (κ3) is 1.79. The molecule has 0 radical (unpaired) electrons. The molecule has 0 bridgehead atoms. The van der Waals surface area contributed by atoms with Crippen LogP contribution in [-0.4, -0.2) is 12.1 Å². The molecule has 0 aliphatic carbocycles. The minimum absolute atomic E-state index is 0.555. The van der Waals surface area contributed by atoms with Crippen molar-refractivity contribution in [1.82, 2.24) is 4.98 Å². The lowest BCUT2D eigenvalue weighted by molar-refractivity contribution is 0.415. The van der Waals surface area contributed by atoms with Crippen LogP contribution in [0.2, 0.25) is 0 Å². The minimum Gasteiger partial charge on any atom is -0.497 e. The average molecular weight is 200 g/mol. The number of nitrogens with zero attached hydrogens (tertiary/aromatic N) is 1. The van der Waals surface area contributed by atoms with Crippen LogP contribution in [0.3, 0.4) is 0 Å². The summed E-state index contributed by atoms with van der Waals surface area (Å²) in [5.41, 5.74) is 2.25. The second-order valence-electron chi connectivity index (χ2n) is 3.38. The number of hydrogen-bond donors (Lipinski definition) is 1. The normalized spacial score (nSPS) is 10.1. The van der Waals surface area contributed by atoms with E-state index in [9.17, 15) is 0 Å². The highest BCUT2D eigenvalue weighted by Gasteiger charge is 2.03. The van der Waals surface area contributed by atoms with Crippen LogP contribution in [0.5, 0.6) is 5.75 Å². The molecule has 0 spiro atoms. The van der Waals surface area contributed by atoms with Crippen molar-refractivity contribution in [1.29, 1.82) is 5.26 Å². The van der Waals surface area contributed by atoms with E-state index in [0.29, 0.717) is 6.42 Å². The van der Waals surface area contributed by atoms with E-state index >= 15 is 0 Å². The Morgan fingerprint density at radius 1 is 1.47 bits per heavy atom. The number of H-pyrrole nitrogens is 1. The first-order valence-corrected chi connectivity index (χ1v) is 4.86. The van der Waals surface area contributed by atoms with E-state index in [1.807, 2.05) is 24.4 Å². The number of methoxy groups -OCH3 is 1. The zero-order valence-corrected chi connectivity index (χ0v) is 8.58. The first-order valence-electron chi connectivity index (χ1n) is 4.86. The molecule has 76 valence electrons. The fourth-order valence-corrected chi connectivity index (χ4v) is 1.69. The summed E-state index contributed by atoms with van der Waals surface area (Å²) in [5, 5.41) is 9.71. The first-order chi connectivity index (χ1) is 7.35. The molecule has 1 aromatic carbocycles. The fourth-order valence-electron chi connectivity index (χ4n) is 1.69. The number of aryl methyl sites for hydroxylation is 1. The minimum atomic E-state index is 0.555. The second-order valence-corrected chi connectivity index (χ2v) is 3.38. The lowest BCUT2D eigenvalue weighted by atomic mass is 10.1. The van der Waals surface area contributed by atoms with Crippen LogP contribution in [0.4, 0.5) is 0 Å². The Bertz CT molecular complexity index is 508. The highest BCUT2D eigenvalue weighted by atomic mass is 16.5. The summed E-state index contributed by atoms with van der Waals surface area (Å²) >= 11 is 0. The molecule has 3 nitrogen and oxygen atoms in total. The number of fused-ring (bicyclic) bond motifs is 1. The molecule has 0 aliphatic heterocycles. The molecule has 2 rings (SSSR count). The smallest absolute Gasteiger partial charge is 0.120 e. The van der Waals surface area contributed by atoms with Crippen molar-refractivity contribution in [2.45, 2.75) is 12.8 Å². The third-order valence-electron chi connectivity index (χ3n) is 2.48. The van der Waals surface area contributed by atoms with Gasteiger partial charge in [0.2, 0.25) is 0 Å². The predicted molar refractivity (Wildman–Crippen MR) is 58.8 cm³/mol. The molecule has 1 N–H and O–H groups in total. The summed E-state index contributed by atoms with van der Waals surface area (Å²) in [5.74, 6) is 0.844. The maximum Gasteiger partial charge on any atom is 0.120 e. The lowest BCUT2D eigenvalue weighted by Gasteiger charge is -1.99. The van der Waals surface area contributed by atoms with Gasteiger partial charge >= 0.3 is 0 Å². The second kappa shape index (κ2) is 4.05. The van der Waals surface area contributed by atoms with Crippen LogP contribution in [0.1, 0.15) is 12.0 Å². The SMILES string of the molecule is COc1ccc2c(CCC#N)c[nH]c2c1. The number of nitriles is 1. The van der Waals surface area contributed by atoms with Gasteiger partial charge in [-0.15, -0.1) is 0 Å². The van der Waals surface area contributed by atoms with E-state index in [1.165, 1.54) is 10.9 Å². The molecule has 0 aliphatic rings. The van der Waals surface area contributed by atoms with Gasteiger partial charge in [0.15, 0.2) is 0 Å². The van der Waals surface area contributed by atoms with Crippen LogP contribution >= 0.6 is 0 Å². The molecule has 0 unspecified atom stereocenters. The van der Waals surface area contributed by atoms with Gasteiger partial charge in [-0.2, -0.15) is 5.26 Å². The molecule has 1 heterocycles. The van der Waals surface area contributed by atoms with E-state index in [4.69, 9.17) is 10.00 Å². The number of ether oxygens (including phenoxy) is 1. The number of hydrogen-bond acceptors (Lipinski definition) is 2. The van der Waals surface area contributed by atoms with Gasteiger partial charge in [-0.3, -0.25) is 0 Å². The first kappa shape index (κ1) is 9.60. The number of rotatable bonds is 3. The number of aromatic nitrogens is 1. The molecular formula is C12H12N2O. The Labute approximate surface area is 88.3 Å². The quantitative estimate of drug-likeness (QED) is 0.827. The Morgan fingerprint density at radius 3 is 3.07 bits per heavy atom. The van der Waals surface area contributed by atoms with Gasteiger partial charge in [0.25, 0.3) is 0 Å². The van der Waals surface area contributed by atoms with Crippen molar-refractivity contribution in [2.24, 2.45) is 0 Å². The standard InChI is InChI=1S/C12H12N2O/c1-15-10-4-5-11-9(3-2-6-13)8-14-12(11)7-10/h4-5,7-8,14H,2-3H2,1H3. The Kier molecular flexibility index (Phi) is 2.59. The van der Waals surface area contributed by atoms with Crippen molar-refractivity contribution in [3.8, 4) is 11.8 Å². The van der Waals surface area contributed by atoms with Crippen molar-refractivity contribution in [3.05, 3.63) is 30.0 Å². The molecule has 0 saturated heterocycles. The molecule has 3 heteroatoms. The highest BCUT2D eigenvalue weighted by Crippen LogP contribution is 2.23. The molecule has 0 amide bonds. The third-order valence-corrected chi connectivity index (χ3v) is 2.48. The largest absolute Gasteiger partial charge is 0.497 e. The van der Waals surface area contributed by atoms with E-state index in [1.54, 1.807) is 7.11 Å². The Hall–Kier alpha value is -1.95.